The third-order valence-corrected chi connectivity index (χ3v) is 8.77. The van der Waals surface area contributed by atoms with Crippen molar-refractivity contribution in [3.63, 3.8) is 0 Å². The zero-order chi connectivity index (χ0) is 25.0. The third-order valence-electron chi connectivity index (χ3n) is 8.77. The van der Waals surface area contributed by atoms with E-state index in [0.717, 1.165) is 37.9 Å². The largest absolute Gasteiger partial charge is 0.384 e. The number of allylic oxidation sites excluding steroid dienone is 2. The maximum atomic E-state index is 6.89. The highest BCUT2D eigenvalue weighted by Gasteiger charge is 2.43. The lowest BCUT2D eigenvalue weighted by atomic mass is 9.63. The molecule has 3 atom stereocenters. The molecule has 0 saturated heterocycles. The van der Waals surface area contributed by atoms with E-state index in [4.69, 9.17) is 10.7 Å². The van der Waals surface area contributed by atoms with E-state index in [1.165, 1.54) is 91.3 Å². The lowest BCUT2D eigenvalue weighted by Crippen LogP contribution is -2.55. The summed E-state index contributed by atoms with van der Waals surface area (Å²) in [6.07, 6.45) is 19.3. The molecular weight excluding hydrogens is 440 g/mol. The predicted octanol–water partition coefficient (Wildman–Crippen LogP) is 6.84. The van der Waals surface area contributed by atoms with Crippen LogP contribution in [0.25, 0.3) is 10.9 Å². The van der Waals surface area contributed by atoms with Crippen molar-refractivity contribution in [2.24, 2.45) is 11.7 Å². The highest BCUT2D eigenvalue weighted by molar-refractivity contribution is 5.93. The van der Waals surface area contributed by atoms with E-state index in [1.54, 1.807) is 0 Å². The fourth-order valence-corrected chi connectivity index (χ4v) is 7.21. The van der Waals surface area contributed by atoms with Gasteiger partial charge in [0, 0.05) is 40.8 Å². The number of hydrogen-bond donors (Lipinski definition) is 3. The van der Waals surface area contributed by atoms with Crippen molar-refractivity contribution in [3.05, 3.63) is 58.8 Å². The number of hydrogen-bond acceptors (Lipinski definition) is 4. The highest BCUT2D eigenvalue weighted by Crippen LogP contribution is 2.44. The van der Waals surface area contributed by atoms with Gasteiger partial charge in [-0.2, -0.15) is 0 Å². The van der Waals surface area contributed by atoms with Crippen LogP contribution in [0.4, 0.5) is 5.69 Å². The molecular formula is C32H46N4. The van der Waals surface area contributed by atoms with Gasteiger partial charge >= 0.3 is 0 Å². The first-order valence-corrected chi connectivity index (χ1v) is 14.6. The summed E-state index contributed by atoms with van der Waals surface area (Å²) >= 11 is 0. The Morgan fingerprint density at radius 2 is 1.83 bits per heavy atom. The van der Waals surface area contributed by atoms with Crippen LogP contribution in [0.2, 0.25) is 0 Å². The Labute approximate surface area is 218 Å². The average molecular weight is 487 g/mol. The molecule has 3 aliphatic carbocycles. The molecule has 1 fully saturated rings. The number of rotatable bonds is 10. The second-order valence-corrected chi connectivity index (χ2v) is 11.6. The van der Waals surface area contributed by atoms with Gasteiger partial charge in [-0.25, -0.2) is 0 Å². The molecule has 1 aromatic carbocycles. The molecule has 194 valence electrons. The summed E-state index contributed by atoms with van der Waals surface area (Å²) in [7, 11) is 0. The molecule has 1 heterocycles. The topological polar surface area (TPSA) is 63.0 Å². The van der Waals surface area contributed by atoms with Crippen molar-refractivity contribution in [3.8, 4) is 0 Å². The van der Waals surface area contributed by atoms with Gasteiger partial charge < -0.3 is 16.4 Å². The number of nitrogens with two attached hydrogens (primary N) is 1. The van der Waals surface area contributed by atoms with Gasteiger partial charge in [0.05, 0.1) is 5.52 Å². The molecule has 0 spiro atoms. The van der Waals surface area contributed by atoms with Crippen molar-refractivity contribution in [2.45, 2.75) is 102 Å². The summed E-state index contributed by atoms with van der Waals surface area (Å²) in [5, 5.41) is 8.97. The molecule has 36 heavy (non-hydrogen) atoms. The molecule has 4 N–H and O–H groups in total. The second-order valence-electron chi connectivity index (χ2n) is 11.6. The molecule has 5 rings (SSSR count). The summed E-state index contributed by atoms with van der Waals surface area (Å²) in [5.74, 6) is 0.538. The van der Waals surface area contributed by atoms with Crippen LogP contribution < -0.4 is 16.4 Å². The van der Waals surface area contributed by atoms with Gasteiger partial charge in [-0.3, -0.25) is 4.98 Å². The Morgan fingerprint density at radius 3 is 2.67 bits per heavy atom. The fraction of sp³-hybridized carbons (Fsp3) is 0.594. The van der Waals surface area contributed by atoms with Crippen LogP contribution in [0.5, 0.6) is 0 Å². The van der Waals surface area contributed by atoms with Crippen molar-refractivity contribution in [2.75, 3.05) is 18.4 Å². The van der Waals surface area contributed by atoms with E-state index in [2.05, 4.69) is 60.9 Å². The van der Waals surface area contributed by atoms with E-state index in [9.17, 15) is 0 Å². The first-order chi connectivity index (χ1) is 17.6. The summed E-state index contributed by atoms with van der Waals surface area (Å²) in [4.78, 5) is 4.97. The van der Waals surface area contributed by atoms with Crippen LogP contribution in [0.3, 0.4) is 0 Å². The first-order valence-electron chi connectivity index (χ1n) is 14.6. The number of aryl methyl sites for hydroxylation is 1. The number of unbranched alkanes of at least 4 members (excludes halogenated alkanes) is 4. The van der Waals surface area contributed by atoms with Crippen molar-refractivity contribution >= 4 is 16.6 Å². The van der Waals surface area contributed by atoms with Crippen molar-refractivity contribution in [1.29, 1.82) is 0 Å². The SMILES string of the molecule is C/C=C1\[C@H]2C=C(C)C[C@]1(N)C[C@@H](NCCCCCCCNc1c3c(nc4ccccc14)CCCC3)C2. The molecule has 0 amide bonds. The van der Waals surface area contributed by atoms with E-state index < -0.39 is 0 Å². The molecule has 0 unspecified atom stereocenters. The first kappa shape index (κ1) is 25.5. The predicted molar refractivity (Wildman–Crippen MR) is 154 cm³/mol. The van der Waals surface area contributed by atoms with E-state index >= 15 is 0 Å². The molecule has 3 aliphatic rings. The second kappa shape index (κ2) is 11.5. The smallest absolute Gasteiger partial charge is 0.0726 e. The van der Waals surface area contributed by atoms with Gasteiger partial charge in [-0.05, 0) is 95.4 Å². The summed E-state index contributed by atoms with van der Waals surface area (Å²) in [6, 6.07) is 9.19. The van der Waals surface area contributed by atoms with Crippen LogP contribution in [0.1, 0.15) is 89.3 Å². The van der Waals surface area contributed by atoms with Gasteiger partial charge in [0.2, 0.25) is 0 Å². The van der Waals surface area contributed by atoms with Crippen LogP contribution >= 0.6 is 0 Å². The maximum Gasteiger partial charge on any atom is 0.0726 e. The zero-order valence-electron chi connectivity index (χ0n) is 22.5. The number of nitrogens with one attached hydrogen (secondary N) is 2. The summed E-state index contributed by atoms with van der Waals surface area (Å²) < 4.78 is 0. The number of aromatic nitrogens is 1. The number of fused-ring (bicyclic) bond motifs is 4. The minimum atomic E-state index is -0.124. The van der Waals surface area contributed by atoms with Crippen LogP contribution in [0, 0.1) is 5.92 Å². The number of anilines is 1. The van der Waals surface area contributed by atoms with E-state index in [0.29, 0.717) is 12.0 Å². The van der Waals surface area contributed by atoms with Gasteiger partial charge in [0.25, 0.3) is 0 Å². The van der Waals surface area contributed by atoms with E-state index in [1.807, 2.05) is 0 Å². The molecule has 0 aliphatic heterocycles. The van der Waals surface area contributed by atoms with Gasteiger partial charge in [0.15, 0.2) is 0 Å². The van der Waals surface area contributed by atoms with Gasteiger partial charge in [-0.1, -0.05) is 55.2 Å². The van der Waals surface area contributed by atoms with Crippen LogP contribution in [0.15, 0.2) is 47.6 Å². The molecule has 0 radical (unpaired) electrons. The lowest BCUT2D eigenvalue weighted by molar-refractivity contribution is 0.262. The van der Waals surface area contributed by atoms with Gasteiger partial charge in [0.1, 0.15) is 0 Å². The van der Waals surface area contributed by atoms with Crippen molar-refractivity contribution < 1.29 is 0 Å². The number of nitrogens with zero attached hydrogens (tertiary/aromatic N) is 1. The van der Waals surface area contributed by atoms with E-state index in [-0.39, 0.29) is 5.54 Å². The minimum absolute atomic E-state index is 0.124. The van der Waals surface area contributed by atoms with Crippen molar-refractivity contribution in [1.82, 2.24) is 10.3 Å². The Morgan fingerprint density at radius 1 is 1.06 bits per heavy atom. The Balaban J connectivity index is 1.01. The van der Waals surface area contributed by atoms with Crippen LogP contribution in [-0.2, 0) is 12.8 Å². The molecule has 1 saturated carbocycles. The molecule has 4 heteroatoms. The number of para-hydroxylation sites is 1. The monoisotopic (exact) mass is 486 g/mol. The fourth-order valence-electron chi connectivity index (χ4n) is 7.21. The maximum absolute atomic E-state index is 6.89. The Bertz CT molecular complexity index is 1120. The zero-order valence-corrected chi connectivity index (χ0v) is 22.5. The molecule has 2 aromatic rings. The number of benzene rings is 1. The molecule has 2 bridgehead atoms. The normalized spacial score (nSPS) is 26.6. The number of pyridine rings is 1. The Kier molecular flexibility index (Phi) is 8.12. The Hall–Kier alpha value is -2.17. The standard InChI is InChI=1S/C32H46N4/c1-3-28-24-19-23(2)21-32(28,33)22-25(20-24)34-17-11-5-4-6-12-18-35-31-26-13-7-9-15-29(26)36-30-16-10-8-14-27(30)31/h3,7,9,13,15,19,24-25,34H,4-6,8,10-12,14,16-18,20-22,33H2,1-2H3,(H,35,36)/b28-3+/t24-,25-,32-/m0/s1. The van der Waals surface area contributed by atoms with Crippen LogP contribution in [-0.4, -0.2) is 29.7 Å². The third kappa shape index (κ3) is 5.55. The summed E-state index contributed by atoms with van der Waals surface area (Å²) in [5.41, 5.74) is 15.0. The van der Waals surface area contributed by atoms with Gasteiger partial charge in [-0.15, -0.1) is 0 Å². The molecule has 1 aromatic heterocycles. The molecule has 4 nitrogen and oxygen atoms in total. The quantitative estimate of drug-likeness (QED) is 0.254. The average Bonchev–Trinajstić information content (AvgIpc) is 2.86. The lowest BCUT2D eigenvalue weighted by Gasteiger charge is -2.47. The summed E-state index contributed by atoms with van der Waals surface area (Å²) in [6.45, 7) is 6.59. The highest BCUT2D eigenvalue weighted by atomic mass is 14.9. The minimum Gasteiger partial charge on any atom is -0.384 e.